The van der Waals surface area contributed by atoms with E-state index < -0.39 is 6.17 Å². The Morgan fingerprint density at radius 1 is 1.15 bits per heavy atom. The van der Waals surface area contributed by atoms with Crippen LogP contribution in [0, 0.1) is 0 Å². The van der Waals surface area contributed by atoms with E-state index in [0.717, 1.165) is 5.69 Å². The van der Waals surface area contributed by atoms with Gasteiger partial charge < -0.3 is 9.80 Å². The number of halogens is 1. The van der Waals surface area contributed by atoms with Crippen LogP contribution in [-0.4, -0.2) is 50.1 Å². The van der Waals surface area contributed by atoms with Gasteiger partial charge in [-0.05, 0) is 30.7 Å². The van der Waals surface area contributed by atoms with Crippen molar-refractivity contribution in [2.24, 2.45) is 0 Å². The van der Waals surface area contributed by atoms with Gasteiger partial charge in [-0.25, -0.2) is 9.07 Å². The number of anilines is 2. The molecule has 0 aliphatic carbocycles. The molecule has 3 aromatic heterocycles. The predicted octanol–water partition coefficient (Wildman–Crippen LogP) is 1.77. The number of alkyl halides is 1. The topological polar surface area (TPSA) is 80.0 Å². The van der Waals surface area contributed by atoms with Gasteiger partial charge in [0, 0.05) is 18.9 Å². The van der Waals surface area contributed by atoms with E-state index in [0.29, 0.717) is 48.9 Å². The minimum Gasteiger partial charge on any atom is -0.352 e. The lowest BCUT2D eigenvalue weighted by Crippen LogP contribution is -2.24. The first kappa shape index (κ1) is 15.9. The number of carbonyl (C=O) groups is 1. The molecule has 0 unspecified atom stereocenters. The molecule has 2 aliphatic heterocycles. The summed E-state index contributed by atoms with van der Waals surface area (Å²) in [6, 6.07) is 7.22. The predicted molar refractivity (Wildman–Crippen MR) is 95.6 cm³/mol. The van der Waals surface area contributed by atoms with Crippen molar-refractivity contribution in [2.45, 2.75) is 19.1 Å². The van der Waals surface area contributed by atoms with E-state index in [2.05, 4.69) is 20.3 Å². The Labute approximate surface area is 154 Å². The number of aromatic nitrogens is 5. The minimum absolute atomic E-state index is 0.111. The third-order valence-corrected chi connectivity index (χ3v) is 4.86. The van der Waals surface area contributed by atoms with Crippen molar-refractivity contribution in [1.82, 2.24) is 25.0 Å². The number of rotatable bonds is 3. The van der Waals surface area contributed by atoms with Gasteiger partial charge in [0.15, 0.2) is 11.6 Å². The summed E-state index contributed by atoms with van der Waals surface area (Å²) in [6.45, 7) is 1.39. The van der Waals surface area contributed by atoms with Crippen LogP contribution < -0.4 is 9.80 Å². The number of hydrogen-bond donors (Lipinski definition) is 0. The zero-order chi connectivity index (χ0) is 18.4. The Morgan fingerprint density at radius 2 is 2.00 bits per heavy atom. The Hall–Kier alpha value is -3.36. The molecule has 0 N–H and O–H groups in total. The molecule has 1 atom stereocenters. The van der Waals surface area contributed by atoms with Gasteiger partial charge in [0.05, 0.1) is 36.2 Å². The summed E-state index contributed by atoms with van der Waals surface area (Å²) >= 11 is 0. The molecule has 2 aliphatic rings. The van der Waals surface area contributed by atoms with E-state index in [1.54, 1.807) is 46.4 Å². The van der Waals surface area contributed by atoms with Crippen molar-refractivity contribution in [2.75, 3.05) is 22.9 Å². The molecular formula is C18H16FN7O. The van der Waals surface area contributed by atoms with Gasteiger partial charge in [-0.1, -0.05) is 0 Å². The van der Waals surface area contributed by atoms with Crippen molar-refractivity contribution in [3.05, 3.63) is 54.1 Å². The lowest BCUT2D eigenvalue weighted by atomic mass is 10.3. The normalized spacial score (nSPS) is 19.0. The van der Waals surface area contributed by atoms with Gasteiger partial charge in [0.2, 0.25) is 0 Å². The molecule has 0 saturated carbocycles. The fraction of sp³-hybridized carbons (Fsp3) is 0.278. The number of amides is 1. The van der Waals surface area contributed by atoms with Crippen molar-refractivity contribution in [3.63, 3.8) is 0 Å². The largest absolute Gasteiger partial charge is 0.352 e. The lowest BCUT2D eigenvalue weighted by molar-refractivity contribution is 0.0996. The van der Waals surface area contributed by atoms with Crippen LogP contribution in [0.25, 0.3) is 5.82 Å². The summed E-state index contributed by atoms with van der Waals surface area (Å²) in [5, 5.41) is 12.8. The summed E-state index contributed by atoms with van der Waals surface area (Å²) in [5.74, 6) is 1.06. The summed E-state index contributed by atoms with van der Waals surface area (Å²) in [4.78, 5) is 20.2. The molecular weight excluding hydrogens is 349 g/mol. The molecule has 0 radical (unpaired) electrons. The van der Waals surface area contributed by atoms with Crippen LogP contribution in [-0.2, 0) is 6.54 Å². The van der Waals surface area contributed by atoms with Gasteiger partial charge in [0.25, 0.3) is 5.91 Å². The fourth-order valence-corrected chi connectivity index (χ4v) is 3.45. The molecule has 27 heavy (non-hydrogen) atoms. The van der Waals surface area contributed by atoms with Crippen LogP contribution in [0.5, 0.6) is 0 Å². The molecule has 1 fully saturated rings. The van der Waals surface area contributed by atoms with E-state index in [9.17, 15) is 9.18 Å². The highest BCUT2D eigenvalue weighted by molar-refractivity contribution is 6.09. The Kier molecular flexibility index (Phi) is 3.59. The summed E-state index contributed by atoms with van der Waals surface area (Å²) in [6.07, 6.45) is 4.70. The first-order chi connectivity index (χ1) is 13.2. The maximum atomic E-state index is 13.3. The minimum atomic E-state index is -0.811. The number of fused-ring (bicyclic) bond motifs is 1. The van der Waals surface area contributed by atoms with Gasteiger partial charge in [-0.15, -0.1) is 10.2 Å². The first-order valence-electron chi connectivity index (χ1n) is 8.72. The second kappa shape index (κ2) is 6.11. The van der Waals surface area contributed by atoms with E-state index in [1.807, 2.05) is 11.0 Å². The van der Waals surface area contributed by atoms with Crippen LogP contribution in [0.2, 0.25) is 0 Å². The third-order valence-electron chi connectivity index (χ3n) is 4.86. The van der Waals surface area contributed by atoms with E-state index >= 15 is 0 Å². The lowest BCUT2D eigenvalue weighted by Gasteiger charge is -2.16. The van der Waals surface area contributed by atoms with Crippen LogP contribution >= 0.6 is 0 Å². The second-order valence-electron chi connectivity index (χ2n) is 6.62. The average Bonchev–Trinajstić information content (AvgIpc) is 3.39. The molecule has 9 heteroatoms. The molecule has 5 heterocycles. The quantitative estimate of drug-likeness (QED) is 0.704. The summed E-state index contributed by atoms with van der Waals surface area (Å²) in [7, 11) is 0. The SMILES string of the molecule is O=C1c2cn(-c3ccc(N4CC[C@H](F)C4)nn3)nc2CN1c1cccnc1. The standard InChI is InChI=1S/C18H16FN7O/c19-12-5-7-24(9-12)16-3-4-17(22-21-16)26-10-14-15(23-26)11-25(18(14)27)13-2-1-6-20-8-13/h1-4,6,8,10,12H,5,7,9,11H2/t12-/m0/s1. The molecule has 3 aromatic rings. The molecule has 1 amide bonds. The van der Waals surface area contributed by atoms with Gasteiger partial charge in [-0.3, -0.25) is 9.78 Å². The van der Waals surface area contributed by atoms with E-state index in [4.69, 9.17) is 0 Å². The molecule has 0 bridgehead atoms. The van der Waals surface area contributed by atoms with Gasteiger partial charge in [-0.2, -0.15) is 5.10 Å². The van der Waals surface area contributed by atoms with Crippen molar-refractivity contribution >= 4 is 17.4 Å². The molecule has 1 saturated heterocycles. The smallest absolute Gasteiger partial charge is 0.262 e. The Balaban J connectivity index is 1.37. The van der Waals surface area contributed by atoms with Gasteiger partial charge in [0.1, 0.15) is 6.17 Å². The molecule has 8 nitrogen and oxygen atoms in total. The van der Waals surface area contributed by atoms with Crippen LogP contribution in [0.1, 0.15) is 22.5 Å². The van der Waals surface area contributed by atoms with E-state index in [1.165, 1.54) is 0 Å². The van der Waals surface area contributed by atoms with Gasteiger partial charge >= 0.3 is 0 Å². The van der Waals surface area contributed by atoms with Crippen molar-refractivity contribution < 1.29 is 9.18 Å². The molecule has 0 aromatic carbocycles. The van der Waals surface area contributed by atoms with Crippen molar-refractivity contribution in [3.8, 4) is 5.82 Å². The number of carbonyl (C=O) groups excluding carboxylic acids is 1. The zero-order valence-electron chi connectivity index (χ0n) is 14.4. The highest BCUT2D eigenvalue weighted by Crippen LogP contribution is 2.27. The fourth-order valence-electron chi connectivity index (χ4n) is 3.45. The van der Waals surface area contributed by atoms with Crippen molar-refractivity contribution in [1.29, 1.82) is 0 Å². The highest BCUT2D eigenvalue weighted by Gasteiger charge is 2.32. The maximum Gasteiger partial charge on any atom is 0.262 e. The number of hydrogen-bond acceptors (Lipinski definition) is 6. The molecule has 136 valence electrons. The maximum absolute atomic E-state index is 13.3. The molecule has 5 rings (SSSR count). The zero-order valence-corrected chi connectivity index (χ0v) is 14.4. The monoisotopic (exact) mass is 365 g/mol. The second-order valence-corrected chi connectivity index (χ2v) is 6.62. The van der Waals surface area contributed by atoms with Crippen LogP contribution in [0.3, 0.4) is 0 Å². The molecule has 0 spiro atoms. The first-order valence-corrected chi connectivity index (χ1v) is 8.72. The Morgan fingerprint density at radius 3 is 2.67 bits per heavy atom. The third kappa shape index (κ3) is 2.71. The average molecular weight is 365 g/mol. The number of pyridine rings is 1. The summed E-state index contributed by atoms with van der Waals surface area (Å²) < 4.78 is 14.9. The van der Waals surface area contributed by atoms with E-state index in [-0.39, 0.29) is 5.91 Å². The number of nitrogens with zero attached hydrogens (tertiary/aromatic N) is 7. The summed E-state index contributed by atoms with van der Waals surface area (Å²) in [5.41, 5.74) is 1.98. The van der Waals surface area contributed by atoms with Crippen LogP contribution in [0.4, 0.5) is 15.9 Å². The highest BCUT2D eigenvalue weighted by atomic mass is 19.1. The Bertz CT molecular complexity index is 989. The van der Waals surface area contributed by atoms with Crippen LogP contribution in [0.15, 0.2) is 42.9 Å².